The summed E-state index contributed by atoms with van der Waals surface area (Å²) in [4.78, 5) is 37.0. The summed E-state index contributed by atoms with van der Waals surface area (Å²) in [6.07, 6.45) is 53.4. The summed E-state index contributed by atoms with van der Waals surface area (Å²) in [5.41, 5.74) is 0. The number of allylic oxidation sites excluding steroid dienone is 14. The zero-order chi connectivity index (χ0) is 43.5. The van der Waals surface area contributed by atoms with Crippen LogP contribution in [0.1, 0.15) is 168 Å². The molecule has 8 heteroatoms. The highest BCUT2D eigenvalue weighted by Crippen LogP contribution is 2.12. The van der Waals surface area contributed by atoms with Crippen LogP contribution in [0.5, 0.6) is 0 Å². The van der Waals surface area contributed by atoms with E-state index in [1.54, 1.807) is 0 Å². The van der Waals surface area contributed by atoms with Crippen LogP contribution >= 0.6 is 0 Å². The largest absolute Gasteiger partial charge is 0.477 e. The lowest BCUT2D eigenvalue weighted by molar-refractivity contribution is -0.887. The average molecular weight is 825 g/mol. The average Bonchev–Trinajstić information content (AvgIpc) is 3.19. The fourth-order valence-electron chi connectivity index (χ4n) is 6.22. The van der Waals surface area contributed by atoms with Gasteiger partial charge in [-0.05, 0) is 83.5 Å². The molecule has 0 aliphatic carbocycles. The quantitative estimate of drug-likeness (QED) is 0.0216. The minimum atomic E-state index is -0.888. The van der Waals surface area contributed by atoms with Gasteiger partial charge in [-0.25, -0.2) is 4.79 Å². The third kappa shape index (κ3) is 39.7. The molecule has 1 N–H and O–H groups in total. The monoisotopic (exact) mass is 825 g/mol. The van der Waals surface area contributed by atoms with Crippen LogP contribution in [0, 0.1) is 0 Å². The van der Waals surface area contributed by atoms with Crippen molar-refractivity contribution in [1.82, 2.24) is 0 Å². The van der Waals surface area contributed by atoms with Crippen LogP contribution in [-0.4, -0.2) is 80.6 Å². The normalized spacial score (nSPS) is 13.7. The van der Waals surface area contributed by atoms with Crippen molar-refractivity contribution < 1.29 is 38.2 Å². The summed E-state index contributed by atoms with van der Waals surface area (Å²) in [7, 11) is 5.50. The number of aliphatic carboxylic acids is 1. The molecular weight excluding hydrogens is 739 g/mol. The lowest BCUT2D eigenvalue weighted by atomic mass is 10.1. The van der Waals surface area contributed by atoms with Gasteiger partial charge in [0.25, 0.3) is 0 Å². The number of likely N-dealkylation sites (N-methyl/N-ethyl adjacent to an activating group) is 1. The van der Waals surface area contributed by atoms with Gasteiger partial charge < -0.3 is 23.8 Å². The van der Waals surface area contributed by atoms with Crippen molar-refractivity contribution in [3.05, 3.63) is 85.1 Å². The zero-order valence-corrected chi connectivity index (χ0v) is 38.2. The van der Waals surface area contributed by atoms with Gasteiger partial charge in [0.05, 0.1) is 34.4 Å². The van der Waals surface area contributed by atoms with Gasteiger partial charge in [0.2, 0.25) is 0 Å². The fourth-order valence-corrected chi connectivity index (χ4v) is 6.22. The standard InChI is InChI=1S/C51H85NO7/c1-6-8-10-12-14-16-18-20-22-24-25-26-28-30-32-34-36-38-40-42-50(54)59-47(45-57-44-43-48(51(55)56)52(3,4)5)46-58-49(53)41-39-37-35-33-31-29-27-23-21-19-17-15-13-11-9-7-2/h8,10,14,16,20,22-23,25-27,29-32,47-48H,6-7,9,11-13,15,17-19,21,24,28,33-46H2,1-5H3/p+1/b10-8+,16-14+,22-20+,26-25+,27-23+,31-29+,32-30+. The van der Waals surface area contributed by atoms with Crippen LogP contribution in [0.4, 0.5) is 0 Å². The Morgan fingerprint density at radius 2 is 1.00 bits per heavy atom. The highest BCUT2D eigenvalue weighted by atomic mass is 16.6. The SMILES string of the molecule is CC/C=C/C/C=C/C/C=C/C/C=C/C/C=C/CCCCCC(=O)OC(COCCC(C(=O)O)[N+](C)(C)C)COC(=O)CCCCC/C=C/C=C/CCCCCCCCC. The van der Waals surface area contributed by atoms with Gasteiger partial charge in [0.15, 0.2) is 12.1 Å². The topological polar surface area (TPSA) is 99.1 Å². The van der Waals surface area contributed by atoms with Crippen LogP contribution in [0.25, 0.3) is 0 Å². The van der Waals surface area contributed by atoms with E-state index in [0.29, 0.717) is 19.3 Å². The van der Waals surface area contributed by atoms with E-state index in [4.69, 9.17) is 14.2 Å². The summed E-state index contributed by atoms with van der Waals surface area (Å²) in [6, 6.07) is -0.630. The molecule has 2 unspecified atom stereocenters. The first-order valence-corrected chi connectivity index (χ1v) is 23.1. The van der Waals surface area contributed by atoms with E-state index in [1.165, 1.54) is 44.9 Å². The summed E-state index contributed by atoms with van der Waals surface area (Å²) in [6.45, 7) is 4.54. The molecule has 0 fully saturated rings. The summed E-state index contributed by atoms with van der Waals surface area (Å²) < 4.78 is 17.2. The molecular formula is C51H86NO7+. The number of carboxylic acid groups (broad SMARTS) is 1. The molecule has 0 aromatic heterocycles. The maximum absolute atomic E-state index is 12.7. The Bertz CT molecular complexity index is 1240. The van der Waals surface area contributed by atoms with Crippen molar-refractivity contribution >= 4 is 17.9 Å². The molecule has 59 heavy (non-hydrogen) atoms. The third-order valence-corrected chi connectivity index (χ3v) is 9.81. The highest BCUT2D eigenvalue weighted by molar-refractivity contribution is 5.72. The number of hydrogen-bond acceptors (Lipinski definition) is 6. The fraction of sp³-hybridized carbons (Fsp3) is 0.667. The molecule has 0 aliphatic heterocycles. The van der Waals surface area contributed by atoms with E-state index >= 15 is 0 Å². The van der Waals surface area contributed by atoms with E-state index < -0.39 is 18.1 Å². The first kappa shape index (κ1) is 55.5. The van der Waals surface area contributed by atoms with Gasteiger partial charge in [-0.3, -0.25) is 9.59 Å². The molecule has 0 heterocycles. The maximum Gasteiger partial charge on any atom is 0.362 e. The Hall–Kier alpha value is -3.49. The van der Waals surface area contributed by atoms with Crippen molar-refractivity contribution in [1.29, 1.82) is 0 Å². The van der Waals surface area contributed by atoms with Gasteiger partial charge in [-0.1, -0.05) is 150 Å². The molecule has 0 amide bonds. The minimum absolute atomic E-state index is 0.0341. The predicted octanol–water partition coefficient (Wildman–Crippen LogP) is 12.9. The molecule has 0 aliphatic rings. The lowest BCUT2D eigenvalue weighted by Crippen LogP contribution is -2.50. The number of rotatable bonds is 40. The first-order valence-electron chi connectivity index (χ1n) is 23.1. The van der Waals surface area contributed by atoms with Crippen LogP contribution < -0.4 is 0 Å². The van der Waals surface area contributed by atoms with E-state index in [2.05, 4.69) is 98.9 Å². The van der Waals surface area contributed by atoms with Crippen LogP contribution in [-0.2, 0) is 28.6 Å². The number of nitrogens with zero attached hydrogens (tertiary/aromatic N) is 1. The number of unbranched alkanes of at least 4 members (excludes halogenated alkanes) is 13. The predicted molar refractivity (Wildman–Crippen MR) is 247 cm³/mol. The highest BCUT2D eigenvalue weighted by Gasteiger charge is 2.31. The summed E-state index contributed by atoms with van der Waals surface area (Å²) in [5, 5.41) is 9.63. The molecule has 2 atom stereocenters. The van der Waals surface area contributed by atoms with Crippen molar-refractivity contribution in [2.24, 2.45) is 0 Å². The number of carboxylic acids is 1. The molecule has 8 nitrogen and oxygen atoms in total. The summed E-state index contributed by atoms with van der Waals surface area (Å²) >= 11 is 0. The third-order valence-electron chi connectivity index (χ3n) is 9.81. The first-order chi connectivity index (χ1) is 28.6. The second kappa shape index (κ2) is 41.3. The lowest BCUT2D eigenvalue weighted by Gasteiger charge is -2.31. The maximum atomic E-state index is 12.7. The Morgan fingerprint density at radius 1 is 0.542 bits per heavy atom. The summed E-state index contributed by atoms with van der Waals surface area (Å²) in [5.74, 6) is -1.55. The van der Waals surface area contributed by atoms with E-state index in [0.717, 1.165) is 83.5 Å². The van der Waals surface area contributed by atoms with Gasteiger partial charge in [0, 0.05) is 19.3 Å². The molecule has 0 saturated heterocycles. The Labute approximate surface area is 361 Å². The second-order valence-electron chi connectivity index (χ2n) is 16.3. The van der Waals surface area contributed by atoms with Crippen molar-refractivity contribution in [2.75, 3.05) is 41.0 Å². The number of esters is 2. The van der Waals surface area contributed by atoms with E-state index in [-0.39, 0.29) is 42.7 Å². The van der Waals surface area contributed by atoms with Gasteiger partial charge in [-0.2, -0.15) is 0 Å². The Balaban J connectivity index is 4.45. The molecule has 0 spiro atoms. The molecule has 0 radical (unpaired) electrons. The number of carbonyl (C=O) groups is 3. The second-order valence-corrected chi connectivity index (χ2v) is 16.3. The number of ether oxygens (including phenoxy) is 3. The van der Waals surface area contributed by atoms with Crippen molar-refractivity contribution in [2.45, 2.75) is 180 Å². The number of hydrogen-bond donors (Lipinski definition) is 1. The van der Waals surface area contributed by atoms with Crippen LogP contribution in [0.2, 0.25) is 0 Å². The van der Waals surface area contributed by atoms with E-state index in [9.17, 15) is 19.5 Å². The van der Waals surface area contributed by atoms with Gasteiger partial charge in [-0.15, -0.1) is 0 Å². The van der Waals surface area contributed by atoms with Gasteiger partial charge in [0.1, 0.15) is 6.61 Å². The van der Waals surface area contributed by atoms with Crippen molar-refractivity contribution in [3.63, 3.8) is 0 Å². The molecule has 0 saturated carbocycles. The smallest absolute Gasteiger partial charge is 0.362 e. The zero-order valence-electron chi connectivity index (χ0n) is 38.2. The Kier molecular flexibility index (Phi) is 38.8. The molecule has 0 rings (SSSR count). The molecule has 336 valence electrons. The molecule has 0 bridgehead atoms. The van der Waals surface area contributed by atoms with Crippen LogP contribution in [0.15, 0.2) is 85.1 Å². The number of carbonyl (C=O) groups excluding carboxylic acids is 2. The van der Waals surface area contributed by atoms with Crippen molar-refractivity contribution in [3.8, 4) is 0 Å². The van der Waals surface area contributed by atoms with E-state index in [1.807, 2.05) is 21.1 Å². The van der Waals surface area contributed by atoms with Gasteiger partial charge >= 0.3 is 17.9 Å². The number of quaternary nitrogens is 1. The minimum Gasteiger partial charge on any atom is -0.477 e. The molecule has 0 aromatic rings. The van der Waals surface area contributed by atoms with Crippen LogP contribution in [0.3, 0.4) is 0 Å². The Morgan fingerprint density at radius 3 is 1.51 bits per heavy atom. The molecule has 0 aromatic carbocycles.